The fraction of sp³-hybridized carbons (Fsp3) is 0.348. The summed E-state index contributed by atoms with van der Waals surface area (Å²) in [6.45, 7) is 7.53. The average Bonchev–Trinajstić information content (AvgIpc) is 2.69. The van der Waals surface area contributed by atoms with Gasteiger partial charge >= 0.3 is 0 Å². The number of carbonyl (C=O) groups excluding carboxylic acids is 3. The molecule has 0 saturated carbocycles. The van der Waals surface area contributed by atoms with Gasteiger partial charge in [-0.05, 0) is 49.1 Å². The Kier molecular flexibility index (Phi) is 7.53. The van der Waals surface area contributed by atoms with Crippen LogP contribution >= 0.6 is 0 Å². The lowest BCUT2D eigenvalue weighted by atomic mass is 10.0. The Labute approximate surface area is 172 Å². The molecule has 2 N–H and O–H groups in total. The third kappa shape index (κ3) is 5.91. The van der Waals surface area contributed by atoms with Crippen LogP contribution in [0.2, 0.25) is 0 Å². The second-order valence-electron chi connectivity index (χ2n) is 7.55. The Morgan fingerprint density at radius 1 is 0.966 bits per heavy atom. The minimum absolute atomic E-state index is 0.101. The van der Waals surface area contributed by atoms with Crippen molar-refractivity contribution in [2.24, 2.45) is 5.92 Å². The first-order valence-corrected chi connectivity index (χ1v) is 9.67. The summed E-state index contributed by atoms with van der Waals surface area (Å²) in [4.78, 5) is 39.1. The van der Waals surface area contributed by atoms with Crippen LogP contribution in [-0.4, -0.2) is 42.3 Å². The zero-order chi connectivity index (χ0) is 21.6. The van der Waals surface area contributed by atoms with E-state index in [4.69, 9.17) is 0 Å². The molecular formula is C23H29N3O3. The van der Waals surface area contributed by atoms with Gasteiger partial charge in [0.05, 0.1) is 6.54 Å². The molecule has 0 aliphatic carbocycles. The van der Waals surface area contributed by atoms with Gasteiger partial charge in [-0.15, -0.1) is 0 Å². The van der Waals surface area contributed by atoms with Gasteiger partial charge in [-0.25, -0.2) is 0 Å². The van der Waals surface area contributed by atoms with Gasteiger partial charge in [0.25, 0.3) is 5.91 Å². The summed E-state index contributed by atoms with van der Waals surface area (Å²) in [5.74, 6) is -1.03. The number of anilines is 1. The van der Waals surface area contributed by atoms with Gasteiger partial charge in [-0.1, -0.05) is 44.2 Å². The van der Waals surface area contributed by atoms with E-state index >= 15 is 0 Å². The van der Waals surface area contributed by atoms with Gasteiger partial charge in [0.1, 0.15) is 6.04 Å². The molecule has 0 saturated heterocycles. The molecule has 0 bridgehead atoms. The van der Waals surface area contributed by atoms with Crippen molar-refractivity contribution in [1.29, 1.82) is 0 Å². The summed E-state index contributed by atoms with van der Waals surface area (Å²) in [5, 5.41) is 5.64. The molecule has 0 heterocycles. The molecule has 6 nitrogen and oxygen atoms in total. The smallest absolute Gasteiger partial charge is 0.251 e. The molecule has 2 aromatic carbocycles. The van der Waals surface area contributed by atoms with Crippen LogP contribution in [0.3, 0.4) is 0 Å². The molecule has 29 heavy (non-hydrogen) atoms. The molecule has 1 unspecified atom stereocenters. The fourth-order valence-corrected chi connectivity index (χ4v) is 2.93. The zero-order valence-electron chi connectivity index (χ0n) is 17.7. The number of aryl methyl sites for hydroxylation is 1. The molecule has 0 aliphatic rings. The van der Waals surface area contributed by atoms with E-state index in [2.05, 4.69) is 10.6 Å². The van der Waals surface area contributed by atoms with Gasteiger partial charge < -0.3 is 15.5 Å². The number of rotatable bonds is 7. The van der Waals surface area contributed by atoms with Gasteiger partial charge in [-0.2, -0.15) is 0 Å². The first kappa shape index (κ1) is 22.1. The number of nitrogens with one attached hydrogen (secondary N) is 2. The normalized spacial score (nSPS) is 11.7. The minimum atomic E-state index is -0.721. The van der Waals surface area contributed by atoms with Crippen LogP contribution in [0.1, 0.15) is 35.3 Å². The number of nitrogens with zero attached hydrogens (tertiary/aromatic N) is 1. The van der Waals surface area contributed by atoms with E-state index in [9.17, 15) is 14.4 Å². The van der Waals surface area contributed by atoms with E-state index < -0.39 is 6.04 Å². The highest BCUT2D eigenvalue weighted by Crippen LogP contribution is 2.18. The van der Waals surface area contributed by atoms with Crippen LogP contribution in [0.4, 0.5) is 5.69 Å². The highest BCUT2D eigenvalue weighted by atomic mass is 16.2. The van der Waals surface area contributed by atoms with Crippen molar-refractivity contribution in [2.45, 2.75) is 33.7 Å². The maximum Gasteiger partial charge on any atom is 0.251 e. The number of benzene rings is 2. The van der Waals surface area contributed by atoms with Crippen molar-refractivity contribution in [3.05, 3.63) is 65.2 Å². The Balaban J connectivity index is 2.02. The number of carbonyl (C=O) groups is 3. The largest absolute Gasteiger partial charge is 0.340 e. The van der Waals surface area contributed by atoms with Crippen LogP contribution in [0.25, 0.3) is 0 Å². The SMILES string of the molecule is Cc1cccc(NC(=O)CN(C)C(=O)C(NC(=O)c2ccccc2)C(C)C)c1C. The fourth-order valence-electron chi connectivity index (χ4n) is 2.93. The lowest BCUT2D eigenvalue weighted by molar-refractivity contribution is -0.135. The summed E-state index contributed by atoms with van der Waals surface area (Å²) in [6, 6.07) is 13.7. The highest BCUT2D eigenvalue weighted by molar-refractivity contribution is 5.99. The maximum absolute atomic E-state index is 12.9. The third-order valence-corrected chi connectivity index (χ3v) is 4.89. The summed E-state index contributed by atoms with van der Waals surface area (Å²) in [6.07, 6.45) is 0. The monoisotopic (exact) mass is 395 g/mol. The number of hydrogen-bond donors (Lipinski definition) is 2. The molecule has 2 rings (SSSR count). The molecule has 6 heteroatoms. The molecule has 0 aliphatic heterocycles. The predicted molar refractivity (Wildman–Crippen MR) is 115 cm³/mol. The van der Waals surface area contributed by atoms with Crippen LogP contribution in [0, 0.1) is 19.8 Å². The Morgan fingerprint density at radius 3 is 2.24 bits per heavy atom. The average molecular weight is 396 g/mol. The van der Waals surface area contributed by atoms with Crippen LogP contribution in [-0.2, 0) is 9.59 Å². The molecule has 0 fully saturated rings. The molecule has 0 aromatic heterocycles. The molecule has 0 spiro atoms. The standard InChI is InChI=1S/C23H29N3O3/c1-15(2)21(25-22(28)18-11-7-6-8-12-18)23(29)26(5)14-20(27)24-19-13-9-10-16(3)17(19)4/h6-13,15,21H,14H2,1-5H3,(H,24,27)(H,25,28). The summed E-state index contributed by atoms with van der Waals surface area (Å²) < 4.78 is 0. The topological polar surface area (TPSA) is 78.5 Å². The van der Waals surface area contributed by atoms with Crippen molar-refractivity contribution in [2.75, 3.05) is 18.9 Å². The Hall–Kier alpha value is -3.15. The van der Waals surface area contributed by atoms with Crippen molar-refractivity contribution in [3.8, 4) is 0 Å². The lowest BCUT2D eigenvalue weighted by Gasteiger charge is -2.27. The molecule has 154 valence electrons. The first-order valence-electron chi connectivity index (χ1n) is 9.67. The molecule has 3 amide bonds. The van der Waals surface area contributed by atoms with E-state index in [-0.39, 0.29) is 30.2 Å². The second kappa shape index (κ2) is 9.87. The summed E-state index contributed by atoms with van der Waals surface area (Å²) >= 11 is 0. The van der Waals surface area contributed by atoms with Crippen LogP contribution in [0.5, 0.6) is 0 Å². The van der Waals surface area contributed by atoms with E-state index in [0.717, 1.165) is 16.8 Å². The van der Waals surface area contributed by atoms with E-state index in [1.807, 2.05) is 52.0 Å². The Morgan fingerprint density at radius 2 is 1.62 bits per heavy atom. The van der Waals surface area contributed by atoms with Crippen molar-refractivity contribution < 1.29 is 14.4 Å². The van der Waals surface area contributed by atoms with E-state index in [1.165, 1.54) is 4.90 Å². The van der Waals surface area contributed by atoms with Crippen molar-refractivity contribution >= 4 is 23.4 Å². The molecule has 2 aromatic rings. The highest BCUT2D eigenvalue weighted by Gasteiger charge is 2.28. The van der Waals surface area contributed by atoms with Gasteiger partial charge in [-0.3, -0.25) is 14.4 Å². The van der Waals surface area contributed by atoms with E-state index in [0.29, 0.717) is 5.56 Å². The third-order valence-electron chi connectivity index (χ3n) is 4.89. The quantitative estimate of drug-likeness (QED) is 0.756. The lowest BCUT2D eigenvalue weighted by Crippen LogP contribution is -2.51. The van der Waals surface area contributed by atoms with Gasteiger partial charge in [0.15, 0.2) is 0 Å². The van der Waals surface area contributed by atoms with Crippen molar-refractivity contribution in [1.82, 2.24) is 10.2 Å². The minimum Gasteiger partial charge on any atom is -0.340 e. The van der Waals surface area contributed by atoms with Gasteiger partial charge in [0, 0.05) is 18.3 Å². The molecule has 0 radical (unpaired) electrons. The molecule has 1 atom stereocenters. The maximum atomic E-state index is 12.9. The predicted octanol–water partition coefficient (Wildman–Crippen LogP) is 3.15. The number of likely N-dealkylation sites (N-methyl/N-ethyl adjacent to an activating group) is 1. The Bertz CT molecular complexity index is 878. The van der Waals surface area contributed by atoms with Gasteiger partial charge in [0.2, 0.25) is 11.8 Å². The van der Waals surface area contributed by atoms with Crippen molar-refractivity contribution in [3.63, 3.8) is 0 Å². The van der Waals surface area contributed by atoms with E-state index in [1.54, 1.807) is 31.3 Å². The second-order valence-corrected chi connectivity index (χ2v) is 7.55. The molecular weight excluding hydrogens is 366 g/mol. The zero-order valence-corrected chi connectivity index (χ0v) is 17.7. The number of amides is 3. The number of hydrogen-bond acceptors (Lipinski definition) is 3. The summed E-state index contributed by atoms with van der Waals surface area (Å²) in [7, 11) is 1.56. The summed E-state index contributed by atoms with van der Waals surface area (Å²) in [5.41, 5.74) is 3.29. The first-order chi connectivity index (χ1) is 13.7. The van der Waals surface area contributed by atoms with Crippen LogP contribution in [0.15, 0.2) is 48.5 Å². The van der Waals surface area contributed by atoms with Crippen LogP contribution < -0.4 is 10.6 Å².